The van der Waals surface area contributed by atoms with E-state index in [1.54, 1.807) is 20.8 Å². The molecule has 2 rings (SSSR count). The van der Waals surface area contributed by atoms with E-state index in [0.29, 0.717) is 26.1 Å². The van der Waals surface area contributed by atoms with Crippen molar-refractivity contribution in [1.82, 2.24) is 0 Å². The molecule has 28 heavy (non-hydrogen) atoms. The van der Waals surface area contributed by atoms with E-state index in [2.05, 4.69) is 17.6 Å². The van der Waals surface area contributed by atoms with Gasteiger partial charge in [0.05, 0.1) is 18.8 Å². The van der Waals surface area contributed by atoms with Gasteiger partial charge in [-0.05, 0) is 62.7 Å². The number of rotatable bonds is 7. The molecule has 2 N–H and O–H groups in total. The minimum absolute atomic E-state index is 0.231. The Labute approximate surface area is 174 Å². The summed E-state index contributed by atoms with van der Waals surface area (Å²) in [5.74, 6) is -0.984. The van der Waals surface area contributed by atoms with E-state index >= 15 is 0 Å². The van der Waals surface area contributed by atoms with Crippen molar-refractivity contribution >= 4 is 51.3 Å². The molecule has 0 saturated carbocycles. The summed E-state index contributed by atoms with van der Waals surface area (Å²) < 4.78 is 10.2. The minimum atomic E-state index is -0.510. The van der Waals surface area contributed by atoms with Crippen molar-refractivity contribution in [3.05, 3.63) is 45.8 Å². The zero-order chi connectivity index (χ0) is 20.7. The van der Waals surface area contributed by atoms with Crippen LogP contribution in [0, 0.1) is 6.92 Å². The van der Waals surface area contributed by atoms with Gasteiger partial charge in [-0.3, -0.25) is 0 Å². The average molecular weight is 421 g/mol. The third-order valence-electron chi connectivity index (χ3n) is 3.93. The van der Waals surface area contributed by atoms with Crippen LogP contribution < -0.4 is 10.6 Å². The van der Waals surface area contributed by atoms with Gasteiger partial charge in [0.1, 0.15) is 9.88 Å². The number of hydrogen-bond acceptors (Lipinski definition) is 6. The van der Waals surface area contributed by atoms with Gasteiger partial charge < -0.3 is 20.1 Å². The molecule has 0 aliphatic rings. The molecule has 0 fully saturated rings. The van der Waals surface area contributed by atoms with Crippen LogP contribution in [0.15, 0.2) is 24.3 Å². The smallest absolute Gasteiger partial charge is 0.348 e. The molecule has 6 nitrogen and oxygen atoms in total. The molecule has 8 heteroatoms. The van der Waals surface area contributed by atoms with Gasteiger partial charge in [-0.15, -0.1) is 11.3 Å². The molecule has 1 aromatic heterocycles. The highest BCUT2D eigenvalue weighted by atomic mass is 32.1. The van der Waals surface area contributed by atoms with Crippen LogP contribution in [0.5, 0.6) is 0 Å². The van der Waals surface area contributed by atoms with Gasteiger partial charge in [-0.25, -0.2) is 9.59 Å². The maximum atomic E-state index is 12.4. The Morgan fingerprint density at radius 2 is 1.61 bits per heavy atom. The summed E-state index contributed by atoms with van der Waals surface area (Å²) in [6.07, 6.45) is 0.955. The molecule has 0 spiro atoms. The number of nitrogens with one attached hydrogen (secondary N) is 2. The molecule has 0 radical (unpaired) electrons. The second-order valence-electron chi connectivity index (χ2n) is 5.83. The van der Waals surface area contributed by atoms with E-state index in [1.165, 1.54) is 5.56 Å². The molecule has 0 aliphatic heterocycles. The molecule has 0 atom stereocenters. The third-order valence-corrected chi connectivity index (χ3v) is 5.33. The first-order valence-corrected chi connectivity index (χ1v) is 10.3. The number of anilines is 2. The van der Waals surface area contributed by atoms with Crippen molar-refractivity contribution < 1.29 is 19.1 Å². The lowest BCUT2D eigenvalue weighted by atomic mass is 10.1. The molecule has 0 amide bonds. The fourth-order valence-corrected chi connectivity index (χ4v) is 3.91. The van der Waals surface area contributed by atoms with Crippen molar-refractivity contribution in [1.29, 1.82) is 0 Å². The number of benzene rings is 1. The number of esters is 2. The van der Waals surface area contributed by atoms with Gasteiger partial charge in [0, 0.05) is 5.69 Å². The molecular formula is C20H24N2O4S2. The Balaban J connectivity index is 2.26. The first-order chi connectivity index (χ1) is 13.4. The van der Waals surface area contributed by atoms with Crippen molar-refractivity contribution in [2.75, 3.05) is 23.8 Å². The third kappa shape index (κ3) is 5.30. The van der Waals surface area contributed by atoms with E-state index < -0.39 is 11.9 Å². The van der Waals surface area contributed by atoms with Crippen molar-refractivity contribution in [3.8, 4) is 0 Å². The standard InChI is InChI=1S/C20H24N2O4S2/c1-5-13-8-10-14(11-9-13)21-20(27)22-17-15(18(23)25-6-2)12(4)16(28-17)19(24)26-7-3/h8-11H,5-7H2,1-4H3,(H2,21,22,27). The number of aryl methyl sites for hydroxylation is 1. The number of ether oxygens (including phenoxy) is 2. The van der Waals surface area contributed by atoms with E-state index in [1.807, 2.05) is 24.3 Å². The molecule has 0 unspecified atom stereocenters. The van der Waals surface area contributed by atoms with Crippen LogP contribution >= 0.6 is 23.6 Å². The Morgan fingerprint density at radius 3 is 2.18 bits per heavy atom. The van der Waals surface area contributed by atoms with E-state index in [9.17, 15) is 9.59 Å². The summed E-state index contributed by atoms with van der Waals surface area (Å²) in [6.45, 7) is 7.72. The minimum Gasteiger partial charge on any atom is -0.462 e. The molecule has 1 aromatic carbocycles. The predicted octanol–water partition coefficient (Wildman–Crippen LogP) is 4.78. The fourth-order valence-electron chi connectivity index (χ4n) is 2.53. The highest BCUT2D eigenvalue weighted by molar-refractivity contribution is 7.80. The second kappa shape index (κ2) is 10.2. The summed E-state index contributed by atoms with van der Waals surface area (Å²) in [7, 11) is 0. The van der Waals surface area contributed by atoms with E-state index in [4.69, 9.17) is 21.7 Å². The number of thiophene rings is 1. The SMILES string of the molecule is CCOC(=O)c1sc(NC(=S)Nc2ccc(CC)cc2)c(C(=O)OCC)c1C. The molecule has 150 valence electrons. The topological polar surface area (TPSA) is 76.7 Å². The van der Waals surface area contributed by atoms with E-state index in [0.717, 1.165) is 23.4 Å². The first-order valence-electron chi connectivity index (χ1n) is 9.05. The van der Waals surface area contributed by atoms with Crippen molar-refractivity contribution in [3.63, 3.8) is 0 Å². The zero-order valence-corrected chi connectivity index (χ0v) is 18.0. The normalized spacial score (nSPS) is 10.3. The van der Waals surface area contributed by atoms with Gasteiger partial charge in [0.2, 0.25) is 0 Å². The molecule has 2 aromatic rings. The van der Waals surface area contributed by atoms with Crippen LogP contribution in [-0.2, 0) is 15.9 Å². The van der Waals surface area contributed by atoms with Crippen LogP contribution in [0.3, 0.4) is 0 Å². The Kier molecular flexibility index (Phi) is 7.95. The van der Waals surface area contributed by atoms with E-state index in [-0.39, 0.29) is 13.2 Å². The molecule has 1 heterocycles. The summed E-state index contributed by atoms with van der Waals surface area (Å²) in [4.78, 5) is 25.0. The van der Waals surface area contributed by atoms with Crippen LogP contribution in [0.2, 0.25) is 0 Å². The highest BCUT2D eigenvalue weighted by Gasteiger charge is 2.26. The summed E-state index contributed by atoms with van der Waals surface area (Å²) in [5.41, 5.74) is 2.85. The maximum Gasteiger partial charge on any atom is 0.348 e. The van der Waals surface area contributed by atoms with Crippen LogP contribution in [0.25, 0.3) is 0 Å². The van der Waals surface area contributed by atoms with Gasteiger partial charge in [-0.1, -0.05) is 19.1 Å². The summed E-state index contributed by atoms with van der Waals surface area (Å²) >= 11 is 6.50. The molecule has 0 saturated heterocycles. The van der Waals surface area contributed by atoms with Crippen LogP contribution in [-0.4, -0.2) is 30.3 Å². The maximum absolute atomic E-state index is 12.4. The Morgan fingerprint density at radius 1 is 1.00 bits per heavy atom. The Bertz CT molecular complexity index is 860. The summed E-state index contributed by atoms with van der Waals surface area (Å²) in [5, 5.41) is 6.85. The largest absolute Gasteiger partial charge is 0.462 e. The first kappa shape index (κ1) is 21.8. The summed E-state index contributed by atoms with van der Waals surface area (Å²) in [6, 6.07) is 7.90. The van der Waals surface area contributed by atoms with Crippen molar-refractivity contribution in [2.24, 2.45) is 0 Å². The zero-order valence-electron chi connectivity index (χ0n) is 16.4. The second-order valence-corrected chi connectivity index (χ2v) is 7.26. The quantitative estimate of drug-likeness (QED) is 0.493. The van der Waals surface area contributed by atoms with Gasteiger partial charge in [0.15, 0.2) is 5.11 Å². The average Bonchev–Trinajstić information content (AvgIpc) is 2.98. The predicted molar refractivity (Wildman–Crippen MR) is 117 cm³/mol. The number of thiocarbonyl (C=S) groups is 1. The number of hydrogen-bond donors (Lipinski definition) is 2. The van der Waals surface area contributed by atoms with Crippen LogP contribution in [0.4, 0.5) is 10.7 Å². The lowest BCUT2D eigenvalue weighted by molar-refractivity contribution is 0.0527. The van der Waals surface area contributed by atoms with Gasteiger partial charge in [0.25, 0.3) is 0 Å². The number of carbonyl (C=O) groups is 2. The fraction of sp³-hybridized carbons (Fsp3) is 0.350. The molecule has 0 aliphatic carbocycles. The van der Waals surface area contributed by atoms with Gasteiger partial charge in [-0.2, -0.15) is 0 Å². The lowest BCUT2D eigenvalue weighted by Crippen LogP contribution is -2.20. The lowest BCUT2D eigenvalue weighted by Gasteiger charge is -2.11. The number of carbonyl (C=O) groups excluding carboxylic acids is 2. The monoisotopic (exact) mass is 420 g/mol. The molecular weight excluding hydrogens is 396 g/mol. The van der Waals surface area contributed by atoms with Gasteiger partial charge >= 0.3 is 11.9 Å². The highest BCUT2D eigenvalue weighted by Crippen LogP contribution is 2.34. The van der Waals surface area contributed by atoms with Crippen LogP contribution in [0.1, 0.15) is 51.9 Å². The molecule has 0 bridgehead atoms. The Hall–Kier alpha value is -2.45. The van der Waals surface area contributed by atoms with Crippen molar-refractivity contribution in [2.45, 2.75) is 34.1 Å².